The number of nitrogens with zero attached hydrogens (tertiary/aromatic N) is 8. The number of imidazole rings is 1. The molecular formula is C27H38N8O3. The lowest BCUT2D eigenvalue weighted by molar-refractivity contribution is 0.145. The van der Waals surface area contributed by atoms with Gasteiger partial charge < -0.3 is 14.6 Å². The SMILES string of the molecule is C=Cc1cnc2ccc(-c3c(C)nn(C)c3OC(C)CN(C)Cc3c(C)c(OCC)nn3C(C)CO)nn12. The first-order chi connectivity index (χ1) is 18.2. The third kappa shape index (κ3) is 5.30. The number of hydrogen-bond acceptors (Lipinski definition) is 8. The molecule has 2 unspecified atom stereocenters. The molecule has 2 atom stereocenters. The Labute approximate surface area is 223 Å². The monoisotopic (exact) mass is 522 g/mol. The molecular weight excluding hydrogens is 484 g/mol. The molecule has 0 saturated heterocycles. The first-order valence-electron chi connectivity index (χ1n) is 12.9. The van der Waals surface area contributed by atoms with Gasteiger partial charge in [-0.2, -0.15) is 10.2 Å². The van der Waals surface area contributed by atoms with Crippen LogP contribution in [0, 0.1) is 13.8 Å². The second-order valence-electron chi connectivity index (χ2n) is 9.68. The lowest BCUT2D eigenvalue weighted by atomic mass is 10.1. The van der Waals surface area contributed by atoms with E-state index in [-0.39, 0.29) is 18.8 Å². The van der Waals surface area contributed by atoms with Gasteiger partial charge in [-0.25, -0.2) is 14.2 Å². The molecule has 204 valence electrons. The minimum Gasteiger partial charge on any atom is -0.477 e. The van der Waals surface area contributed by atoms with Crippen LogP contribution in [0.25, 0.3) is 23.0 Å². The van der Waals surface area contributed by atoms with Crippen LogP contribution in [0.3, 0.4) is 0 Å². The van der Waals surface area contributed by atoms with Crippen LogP contribution < -0.4 is 9.47 Å². The number of hydrogen-bond donors (Lipinski definition) is 1. The molecule has 4 aromatic heterocycles. The number of ether oxygens (including phenoxy) is 2. The summed E-state index contributed by atoms with van der Waals surface area (Å²) in [5.74, 6) is 1.27. The van der Waals surface area contributed by atoms with Crippen molar-refractivity contribution in [3.8, 4) is 23.0 Å². The highest BCUT2D eigenvalue weighted by molar-refractivity contribution is 5.69. The molecule has 11 heteroatoms. The normalized spacial score (nSPS) is 13.3. The molecule has 0 fully saturated rings. The van der Waals surface area contributed by atoms with Crippen molar-refractivity contribution >= 4 is 11.7 Å². The first kappa shape index (κ1) is 27.3. The van der Waals surface area contributed by atoms with Crippen molar-refractivity contribution in [1.82, 2.24) is 39.1 Å². The van der Waals surface area contributed by atoms with E-state index >= 15 is 0 Å². The van der Waals surface area contributed by atoms with Crippen molar-refractivity contribution < 1.29 is 14.6 Å². The second kappa shape index (κ2) is 11.4. The fraction of sp³-hybridized carbons (Fsp3) is 0.481. The zero-order valence-electron chi connectivity index (χ0n) is 23.3. The van der Waals surface area contributed by atoms with Crippen LogP contribution in [0.4, 0.5) is 0 Å². The van der Waals surface area contributed by atoms with Crippen LogP contribution in [0.2, 0.25) is 0 Å². The highest BCUT2D eigenvalue weighted by Crippen LogP contribution is 2.33. The van der Waals surface area contributed by atoms with Crippen LogP contribution in [-0.2, 0) is 13.6 Å². The van der Waals surface area contributed by atoms with Gasteiger partial charge in [0.15, 0.2) is 5.65 Å². The number of aryl methyl sites for hydroxylation is 2. The highest BCUT2D eigenvalue weighted by atomic mass is 16.5. The Bertz CT molecular complexity index is 1420. The van der Waals surface area contributed by atoms with E-state index < -0.39 is 0 Å². The lowest BCUT2D eigenvalue weighted by Gasteiger charge is -2.24. The van der Waals surface area contributed by atoms with E-state index in [1.54, 1.807) is 21.5 Å². The first-order valence-corrected chi connectivity index (χ1v) is 12.9. The third-order valence-corrected chi connectivity index (χ3v) is 6.52. The molecule has 0 aliphatic heterocycles. The molecule has 4 heterocycles. The average molecular weight is 523 g/mol. The fourth-order valence-corrected chi connectivity index (χ4v) is 4.65. The van der Waals surface area contributed by atoms with Crippen molar-refractivity contribution in [3.63, 3.8) is 0 Å². The molecule has 0 aromatic carbocycles. The topological polar surface area (TPSA) is 108 Å². The molecule has 0 radical (unpaired) electrons. The van der Waals surface area contributed by atoms with Gasteiger partial charge >= 0.3 is 0 Å². The second-order valence-corrected chi connectivity index (χ2v) is 9.68. The van der Waals surface area contributed by atoms with Gasteiger partial charge in [0.25, 0.3) is 0 Å². The maximum absolute atomic E-state index is 9.75. The molecule has 0 bridgehead atoms. The fourth-order valence-electron chi connectivity index (χ4n) is 4.65. The van der Waals surface area contributed by atoms with E-state index in [9.17, 15) is 5.11 Å². The lowest BCUT2D eigenvalue weighted by Crippen LogP contribution is -2.32. The molecule has 1 N–H and O–H groups in total. The van der Waals surface area contributed by atoms with Crippen LogP contribution >= 0.6 is 0 Å². The summed E-state index contributed by atoms with van der Waals surface area (Å²) < 4.78 is 17.6. The molecule has 4 rings (SSSR count). The number of aliphatic hydroxyl groups excluding tert-OH is 1. The summed E-state index contributed by atoms with van der Waals surface area (Å²) in [5, 5.41) is 23.8. The van der Waals surface area contributed by atoms with Gasteiger partial charge in [-0.05, 0) is 59.9 Å². The number of aliphatic hydroxyl groups is 1. The van der Waals surface area contributed by atoms with E-state index in [2.05, 4.69) is 26.7 Å². The van der Waals surface area contributed by atoms with Crippen LogP contribution in [-0.4, -0.2) is 77.1 Å². The smallest absolute Gasteiger partial charge is 0.236 e. The zero-order chi connectivity index (χ0) is 27.6. The Morgan fingerprint density at radius 1 is 1.18 bits per heavy atom. The van der Waals surface area contributed by atoms with Crippen molar-refractivity contribution in [2.75, 3.05) is 26.8 Å². The van der Waals surface area contributed by atoms with Crippen LogP contribution in [0.15, 0.2) is 24.9 Å². The van der Waals surface area contributed by atoms with Gasteiger partial charge in [-0.1, -0.05) is 6.58 Å². The Morgan fingerprint density at radius 2 is 1.95 bits per heavy atom. The summed E-state index contributed by atoms with van der Waals surface area (Å²) >= 11 is 0. The molecule has 0 aliphatic rings. The van der Waals surface area contributed by atoms with Gasteiger partial charge in [0, 0.05) is 25.7 Å². The molecule has 4 aromatic rings. The zero-order valence-corrected chi connectivity index (χ0v) is 23.3. The molecule has 0 aliphatic carbocycles. The van der Waals surface area contributed by atoms with Gasteiger partial charge in [0.05, 0.1) is 53.8 Å². The average Bonchev–Trinajstić information content (AvgIpc) is 3.52. The van der Waals surface area contributed by atoms with Gasteiger partial charge in [-0.3, -0.25) is 9.58 Å². The number of rotatable bonds is 12. The maximum atomic E-state index is 9.75. The van der Waals surface area contributed by atoms with Gasteiger partial charge in [0.1, 0.15) is 6.10 Å². The predicted molar refractivity (Wildman–Crippen MR) is 146 cm³/mol. The van der Waals surface area contributed by atoms with Crippen LogP contribution in [0.5, 0.6) is 11.8 Å². The predicted octanol–water partition coefficient (Wildman–Crippen LogP) is 3.44. The summed E-state index contributed by atoms with van der Waals surface area (Å²) in [7, 11) is 3.92. The van der Waals surface area contributed by atoms with Crippen molar-refractivity contribution in [2.24, 2.45) is 7.05 Å². The number of likely N-dealkylation sites (N-methyl/N-ethyl adjacent to an activating group) is 1. The Hall–Kier alpha value is -3.70. The summed E-state index contributed by atoms with van der Waals surface area (Å²) in [5.41, 5.74) is 5.99. The molecule has 0 spiro atoms. The molecule has 0 saturated carbocycles. The number of fused-ring (bicyclic) bond motifs is 1. The van der Waals surface area contributed by atoms with Crippen LogP contribution in [0.1, 0.15) is 49.5 Å². The maximum Gasteiger partial charge on any atom is 0.236 e. The highest BCUT2D eigenvalue weighted by Gasteiger charge is 2.23. The largest absolute Gasteiger partial charge is 0.477 e. The van der Waals surface area contributed by atoms with E-state index in [4.69, 9.17) is 14.6 Å². The Morgan fingerprint density at radius 3 is 2.63 bits per heavy atom. The number of aromatic nitrogens is 7. The van der Waals surface area contributed by atoms with E-state index in [1.807, 2.05) is 65.5 Å². The van der Waals surface area contributed by atoms with E-state index in [0.717, 1.165) is 39.5 Å². The molecule has 38 heavy (non-hydrogen) atoms. The van der Waals surface area contributed by atoms with Crippen molar-refractivity contribution in [2.45, 2.75) is 53.3 Å². The van der Waals surface area contributed by atoms with E-state index in [0.29, 0.717) is 31.5 Å². The van der Waals surface area contributed by atoms with E-state index in [1.165, 1.54) is 0 Å². The quantitative estimate of drug-likeness (QED) is 0.302. The summed E-state index contributed by atoms with van der Waals surface area (Å²) in [6.07, 6.45) is 3.33. The Balaban J connectivity index is 1.54. The Kier molecular flexibility index (Phi) is 8.17. The summed E-state index contributed by atoms with van der Waals surface area (Å²) in [4.78, 5) is 6.55. The standard InChI is InChI=1S/C27H38N8O3/c1-9-21-13-28-24-12-11-22(30-35(21)24)25-20(6)29-33(8)27(25)38-18(4)14-32(7)15-23-19(5)26(37-10-2)31-34(23)17(3)16-36/h9,11-13,17-18,36H,1,10,14-16H2,2-8H3. The minimum atomic E-state index is -0.151. The van der Waals surface area contributed by atoms with Crippen molar-refractivity contribution in [1.29, 1.82) is 0 Å². The van der Waals surface area contributed by atoms with Gasteiger partial charge in [-0.15, -0.1) is 5.10 Å². The molecule has 11 nitrogen and oxygen atoms in total. The summed E-state index contributed by atoms with van der Waals surface area (Å²) in [6.45, 7) is 15.6. The summed E-state index contributed by atoms with van der Waals surface area (Å²) in [6, 6.07) is 3.71. The third-order valence-electron chi connectivity index (χ3n) is 6.52. The van der Waals surface area contributed by atoms with Crippen molar-refractivity contribution in [3.05, 3.63) is 47.6 Å². The van der Waals surface area contributed by atoms with Gasteiger partial charge in [0.2, 0.25) is 11.8 Å². The minimum absolute atomic E-state index is 0.00127. The molecule has 0 amide bonds.